The second-order valence-electron chi connectivity index (χ2n) is 5.85. The van der Waals surface area contributed by atoms with Crippen LogP contribution in [0.15, 0.2) is 24.3 Å². The molecule has 102 valence electrons. The summed E-state index contributed by atoms with van der Waals surface area (Å²) in [5, 5.41) is 1.49. The van der Waals surface area contributed by atoms with E-state index in [0.717, 1.165) is 35.3 Å². The lowest BCUT2D eigenvalue weighted by atomic mass is 9.83. The molecule has 0 spiro atoms. The van der Waals surface area contributed by atoms with Crippen LogP contribution in [0.2, 0.25) is 0 Å². The molecule has 2 atom stereocenters. The zero-order valence-electron chi connectivity index (χ0n) is 11.6. The lowest BCUT2D eigenvalue weighted by Gasteiger charge is -2.38. The van der Waals surface area contributed by atoms with Gasteiger partial charge in [-0.05, 0) is 37.7 Å². The quantitative estimate of drug-likeness (QED) is 0.755. The first kappa shape index (κ1) is 13.2. The minimum Gasteiger partial charge on any atom is -0.294 e. The van der Waals surface area contributed by atoms with Crippen LogP contribution in [-0.2, 0) is 6.42 Å². The number of carbonyl (C=O) groups is 1. The summed E-state index contributed by atoms with van der Waals surface area (Å²) >= 11 is 2.15. The second kappa shape index (κ2) is 5.70. The number of aryl methyl sites for hydroxylation is 1. The van der Waals surface area contributed by atoms with Gasteiger partial charge in [-0.2, -0.15) is 11.8 Å². The molecule has 2 unspecified atom stereocenters. The van der Waals surface area contributed by atoms with Crippen LogP contribution in [0.4, 0.5) is 0 Å². The standard InChI is InChI=1S/C17H22OS/c1-2-12-6-3-4-9-16(12)17(18)13-10-14-7-5-8-15(11-13)19-14/h3-4,6,9,13-15H,2,5,7-8,10-11H2,1H3. The van der Waals surface area contributed by atoms with Crippen LogP contribution >= 0.6 is 11.8 Å². The monoisotopic (exact) mass is 274 g/mol. The largest absolute Gasteiger partial charge is 0.294 e. The molecule has 2 aliphatic rings. The third-order valence-corrected chi connectivity index (χ3v) is 6.19. The van der Waals surface area contributed by atoms with Gasteiger partial charge in [-0.25, -0.2) is 0 Å². The van der Waals surface area contributed by atoms with E-state index in [1.54, 1.807) is 0 Å². The molecule has 19 heavy (non-hydrogen) atoms. The molecule has 2 fully saturated rings. The maximum absolute atomic E-state index is 12.8. The molecule has 3 rings (SSSR count). The first-order valence-corrected chi connectivity index (χ1v) is 8.49. The summed E-state index contributed by atoms with van der Waals surface area (Å²) in [5.74, 6) is 0.693. The minimum atomic E-state index is 0.282. The van der Waals surface area contributed by atoms with Gasteiger partial charge in [0.15, 0.2) is 5.78 Å². The van der Waals surface area contributed by atoms with E-state index in [1.165, 1.54) is 24.8 Å². The summed E-state index contributed by atoms with van der Waals surface area (Å²) in [6, 6.07) is 8.18. The van der Waals surface area contributed by atoms with Crippen LogP contribution in [0.1, 0.15) is 54.9 Å². The SMILES string of the molecule is CCc1ccccc1C(=O)C1CC2CCCC(C1)S2. The third kappa shape index (κ3) is 2.74. The fourth-order valence-electron chi connectivity index (χ4n) is 3.56. The van der Waals surface area contributed by atoms with E-state index >= 15 is 0 Å². The number of Topliss-reactive ketones (excluding diaryl/α,β-unsaturated/α-hetero) is 1. The molecule has 0 aliphatic carbocycles. The highest BCUT2D eigenvalue weighted by molar-refractivity contribution is 8.00. The van der Waals surface area contributed by atoms with E-state index in [-0.39, 0.29) is 5.92 Å². The molecule has 1 aromatic rings. The van der Waals surface area contributed by atoms with Crippen LogP contribution in [0.5, 0.6) is 0 Å². The van der Waals surface area contributed by atoms with Crippen molar-refractivity contribution in [3.8, 4) is 0 Å². The van der Waals surface area contributed by atoms with Crippen LogP contribution in [-0.4, -0.2) is 16.3 Å². The van der Waals surface area contributed by atoms with E-state index in [2.05, 4.69) is 24.8 Å². The van der Waals surface area contributed by atoms with Gasteiger partial charge < -0.3 is 0 Å². The van der Waals surface area contributed by atoms with Crippen LogP contribution in [0, 0.1) is 5.92 Å². The molecular formula is C17H22OS. The van der Waals surface area contributed by atoms with Crippen molar-refractivity contribution in [2.45, 2.75) is 55.9 Å². The molecule has 2 aliphatic heterocycles. The molecule has 2 bridgehead atoms. The Labute approximate surface area is 120 Å². The number of hydrogen-bond acceptors (Lipinski definition) is 2. The Hall–Kier alpha value is -0.760. The Bertz CT molecular complexity index is 456. The highest BCUT2D eigenvalue weighted by atomic mass is 32.2. The molecule has 0 radical (unpaired) electrons. The Morgan fingerprint density at radius 3 is 2.58 bits per heavy atom. The van der Waals surface area contributed by atoms with Crippen LogP contribution in [0.3, 0.4) is 0 Å². The fourth-order valence-corrected chi connectivity index (χ4v) is 5.40. The number of ketones is 1. The Morgan fingerprint density at radius 2 is 1.89 bits per heavy atom. The number of thioether (sulfide) groups is 1. The Balaban J connectivity index is 1.80. The summed E-state index contributed by atoms with van der Waals surface area (Å²) in [7, 11) is 0. The van der Waals surface area contributed by atoms with E-state index in [4.69, 9.17) is 0 Å². The van der Waals surface area contributed by atoms with Crippen molar-refractivity contribution in [2.75, 3.05) is 0 Å². The maximum Gasteiger partial charge on any atom is 0.166 e. The molecule has 0 amide bonds. The summed E-state index contributed by atoms with van der Waals surface area (Å²) < 4.78 is 0. The van der Waals surface area contributed by atoms with E-state index in [1.807, 2.05) is 18.2 Å². The lowest BCUT2D eigenvalue weighted by molar-refractivity contribution is 0.0896. The number of rotatable bonds is 3. The predicted molar refractivity (Wildman–Crippen MR) is 81.9 cm³/mol. The van der Waals surface area contributed by atoms with Gasteiger partial charge in [-0.15, -0.1) is 0 Å². The van der Waals surface area contributed by atoms with Gasteiger partial charge in [-0.1, -0.05) is 37.6 Å². The zero-order valence-corrected chi connectivity index (χ0v) is 12.4. The Morgan fingerprint density at radius 1 is 1.21 bits per heavy atom. The fraction of sp³-hybridized carbons (Fsp3) is 0.588. The zero-order chi connectivity index (χ0) is 13.2. The van der Waals surface area contributed by atoms with Crippen molar-refractivity contribution in [2.24, 2.45) is 5.92 Å². The topological polar surface area (TPSA) is 17.1 Å². The van der Waals surface area contributed by atoms with Crippen LogP contribution in [0.25, 0.3) is 0 Å². The van der Waals surface area contributed by atoms with Gasteiger partial charge >= 0.3 is 0 Å². The van der Waals surface area contributed by atoms with Gasteiger partial charge in [0.1, 0.15) is 0 Å². The minimum absolute atomic E-state index is 0.282. The van der Waals surface area contributed by atoms with Gasteiger partial charge in [0.2, 0.25) is 0 Å². The third-order valence-electron chi connectivity index (χ3n) is 4.57. The predicted octanol–water partition coefficient (Wildman–Crippen LogP) is 4.50. The molecule has 0 N–H and O–H groups in total. The first-order chi connectivity index (χ1) is 9.28. The second-order valence-corrected chi connectivity index (χ2v) is 7.46. The first-order valence-electron chi connectivity index (χ1n) is 7.55. The summed E-state index contributed by atoms with van der Waals surface area (Å²) in [6.07, 6.45) is 7.18. The maximum atomic E-state index is 12.8. The van der Waals surface area contributed by atoms with E-state index in [9.17, 15) is 4.79 Å². The summed E-state index contributed by atoms with van der Waals surface area (Å²) in [6.45, 7) is 2.14. The van der Waals surface area contributed by atoms with E-state index < -0.39 is 0 Å². The summed E-state index contributed by atoms with van der Waals surface area (Å²) in [5.41, 5.74) is 2.20. The van der Waals surface area contributed by atoms with Crippen LogP contribution < -0.4 is 0 Å². The Kier molecular flexibility index (Phi) is 3.97. The average molecular weight is 274 g/mol. The van der Waals surface area contributed by atoms with Gasteiger partial charge in [0, 0.05) is 22.0 Å². The normalized spacial score (nSPS) is 30.1. The molecule has 1 nitrogen and oxygen atoms in total. The average Bonchev–Trinajstić information content (AvgIpc) is 2.46. The number of fused-ring (bicyclic) bond motifs is 2. The smallest absolute Gasteiger partial charge is 0.166 e. The van der Waals surface area contributed by atoms with Crippen molar-refractivity contribution < 1.29 is 4.79 Å². The van der Waals surface area contributed by atoms with Crippen molar-refractivity contribution in [1.82, 2.24) is 0 Å². The van der Waals surface area contributed by atoms with Crippen molar-refractivity contribution in [3.63, 3.8) is 0 Å². The molecule has 0 aromatic heterocycles. The molecule has 0 saturated carbocycles. The molecule has 1 aromatic carbocycles. The molecule has 2 heteroatoms. The molecule has 2 heterocycles. The number of carbonyl (C=O) groups excluding carboxylic acids is 1. The lowest BCUT2D eigenvalue weighted by Crippen LogP contribution is -2.33. The van der Waals surface area contributed by atoms with Crippen molar-refractivity contribution in [1.29, 1.82) is 0 Å². The van der Waals surface area contributed by atoms with Crippen molar-refractivity contribution >= 4 is 17.5 Å². The van der Waals surface area contributed by atoms with Gasteiger partial charge in [-0.3, -0.25) is 4.79 Å². The van der Waals surface area contributed by atoms with Crippen molar-refractivity contribution in [3.05, 3.63) is 35.4 Å². The van der Waals surface area contributed by atoms with Gasteiger partial charge in [0.25, 0.3) is 0 Å². The van der Waals surface area contributed by atoms with E-state index in [0.29, 0.717) is 5.78 Å². The number of hydrogen-bond donors (Lipinski definition) is 0. The molecular weight excluding hydrogens is 252 g/mol. The summed E-state index contributed by atoms with van der Waals surface area (Å²) in [4.78, 5) is 12.8. The number of benzene rings is 1. The molecule has 2 saturated heterocycles. The highest BCUT2D eigenvalue weighted by Crippen LogP contribution is 2.44. The van der Waals surface area contributed by atoms with Gasteiger partial charge in [0.05, 0.1) is 0 Å². The highest BCUT2D eigenvalue weighted by Gasteiger charge is 2.36.